The van der Waals surface area contributed by atoms with Crippen molar-refractivity contribution in [3.8, 4) is 11.5 Å². The predicted octanol–water partition coefficient (Wildman–Crippen LogP) is 4.46. The zero-order valence-corrected chi connectivity index (χ0v) is 16.2. The van der Waals surface area contributed by atoms with E-state index in [1.54, 1.807) is 18.3 Å². The van der Waals surface area contributed by atoms with Gasteiger partial charge in [-0.15, -0.1) is 11.3 Å². The highest BCUT2D eigenvalue weighted by molar-refractivity contribution is 7.15. The van der Waals surface area contributed by atoms with Crippen LogP contribution in [0.4, 0.5) is 5.13 Å². The Morgan fingerprint density at radius 3 is 2.56 bits per heavy atom. The molecule has 6 heteroatoms. The molecular weight excluding hydrogens is 360 g/mol. The maximum atomic E-state index is 12.1. The van der Waals surface area contributed by atoms with Gasteiger partial charge in [-0.25, -0.2) is 4.98 Å². The first kappa shape index (κ1) is 18.9. The van der Waals surface area contributed by atoms with Crippen LogP contribution >= 0.6 is 11.3 Å². The van der Waals surface area contributed by atoms with E-state index in [1.807, 2.05) is 25.1 Å². The van der Waals surface area contributed by atoms with Crippen LogP contribution in [-0.4, -0.2) is 24.1 Å². The Balaban J connectivity index is 1.48. The van der Waals surface area contributed by atoms with Crippen molar-refractivity contribution >= 4 is 22.4 Å². The molecule has 0 bridgehead atoms. The lowest BCUT2D eigenvalue weighted by molar-refractivity contribution is -0.118. The van der Waals surface area contributed by atoms with E-state index in [0.717, 1.165) is 17.0 Å². The number of aryl methyl sites for hydroxylation is 1. The van der Waals surface area contributed by atoms with Gasteiger partial charge in [-0.1, -0.05) is 29.8 Å². The summed E-state index contributed by atoms with van der Waals surface area (Å²) in [5.41, 5.74) is 2.47. The van der Waals surface area contributed by atoms with Crippen LogP contribution in [0.3, 0.4) is 0 Å². The van der Waals surface area contributed by atoms with E-state index < -0.39 is 0 Å². The van der Waals surface area contributed by atoms with Crippen LogP contribution in [0.5, 0.6) is 11.5 Å². The largest absolute Gasteiger partial charge is 0.494 e. The van der Waals surface area contributed by atoms with E-state index >= 15 is 0 Å². The molecule has 0 aliphatic rings. The number of nitrogens with zero attached hydrogens (tertiary/aromatic N) is 1. The van der Waals surface area contributed by atoms with Gasteiger partial charge in [0.05, 0.1) is 6.61 Å². The van der Waals surface area contributed by atoms with Crippen LogP contribution in [0.15, 0.2) is 54.7 Å². The van der Waals surface area contributed by atoms with Gasteiger partial charge >= 0.3 is 0 Å². The van der Waals surface area contributed by atoms with Gasteiger partial charge in [0.2, 0.25) is 0 Å². The summed E-state index contributed by atoms with van der Waals surface area (Å²) in [5.74, 6) is 1.16. The van der Waals surface area contributed by atoms with E-state index in [-0.39, 0.29) is 12.5 Å². The van der Waals surface area contributed by atoms with Crippen molar-refractivity contribution in [1.29, 1.82) is 0 Å². The molecule has 1 N–H and O–H groups in total. The molecule has 27 heavy (non-hydrogen) atoms. The number of aromatic nitrogens is 1. The standard InChI is InChI=1S/C21H22N2O3S/c1-3-25-17-7-9-18(10-8-17)26-14-20(24)23-21-22-13-19(27-21)12-16-6-4-5-15(2)11-16/h4-11,13H,3,12,14H2,1-2H3,(H,22,23,24). The highest BCUT2D eigenvalue weighted by atomic mass is 32.1. The summed E-state index contributed by atoms with van der Waals surface area (Å²) in [6.07, 6.45) is 2.60. The molecule has 0 aliphatic heterocycles. The number of hydrogen-bond acceptors (Lipinski definition) is 5. The normalized spacial score (nSPS) is 10.4. The van der Waals surface area contributed by atoms with Crippen LogP contribution in [0.2, 0.25) is 0 Å². The maximum absolute atomic E-state index is 12.1. The number of carbonyl (C=O) groups is 1. The van der Waals surface area contributed by atoms with Crippen molar-refractivity contribution in [2.24, 2.45) is 0 Å². The first-order chi connectivity index (χ1) is 13.1. The van der Waals surface area contributed by atoms with Gasteiger partial charge in [-0.3, -0.25) is 10.1 Å². The number of anilines is 1. The van der Waals surface area contributed by atoms with E-state index in [0.29, 0.717) is 17.5 Å². The molecular formula is C21H22N2O3S. The van der Waals surface area contributed by atoms with Gasteiger partial charge in [0.1, 0.15) is 11.5 Å². The Hall–Kier alpha value is -2.86. The fourth-order valence-electron chi connectivity index (χ4n) is 2.57. The van der Waals surface area contributed by atoms with Gasteiger partial charge in [0.25, 0.3) is 5.91 Å². The van der Waals surface area contributed by atoms with Crippen molar-refractivity contribution in [3.63, 3.8) is 0 Å². The molecule has 0 unspecified atom stereocenters. The summed E-state index contributed by atoms with van der Waals surface area (Å²) >= 11 is 1.48. The first-order valence-corrected chi connectivity index (χ1v) is 9.60. The zero-order valence-electron chi connectivity index (χ0n) is 15.4. The second-order valence-electron chi connectivity index (χ2n) is 6.04. The highest BCUT2D eigenvalue weighted by Crippen LogP contribution is 2.22. The Bertz CT molecular complexity index is 890. The van der Waals surface area contributed by atoms with Gasteiger partial charge in [0, 0.05) is 17.5 Å². The highest BCUT2D eigenvalue weighted by Gasteiger charge is 2.08. The third-order valence-corrected chi connectivity index (χ3v) is 4.68. The lowest BCUT2D eigenvalue weighted by Crippen LogP contribution is -2.19. The van der Waals surface area contributed by atoms with E-state index in [2.05, 4.69) is 35.4 Å². The molecule has 0 atom stereocenters. The van der Waals surface area contributed by atoms with Crippen LogP contribution < -0.4 is 14.8 Å². The molecule has 0 aliphatic carbocycles. The third-order valence-electron chi connectivity index (χ3n) is 3.77. The summed E-state index contributed by atoms with van der Waals surface area (Å²) in [5, 5.41) is 3.36. The molecule has 0 spiro atoms. The number of amides is 1. The van der Waals surface area contributed by atoms with Crippen LogP contribution in [0.1, 0.15) is 22.9 Å². The number of hydrogen-bond donors (Lipinski definition) is 1. The fraction of sp³-hybridized carbons (Fsp3) is 0.238. The number of thiazole rings is 1. The Morgan fingerprint density at radius 1 is 1.11 bits per heavy atom. The topological polar surface area (TPSA) is 60.5 Å². The summed E-state index contributed by atoms with van der Waals surface area (Å²) in [6.45, 7) is 4.55. The Kier molecular flexibility index (Phi) is 6.44. The summed E-state index contributed by atoms with van der Waals surface area (Å²) < 4.78 is 10.9. The molecule has 1 amide bonds. The number of nitrogens with one attached hydrogen (secondary N) is 1. The number of rotatable bonds is 8. The van der Waals surface area contributed by atoms with Crippen molar-refractivity contribution in [2.75, 3.05) is 18.5 Å². The fourth-order valence-corrected chi connectivity index (χ4v) is 3.44. The molecule has 5 nitrogen and oxygen atoms in total. The minimum Gasteiger partial charge on any atom is -0.494 e. The zero-order chi connectivity index (χ0) is 19.1. The van der Waals surface area contributed by atoms with Gasteiger partial charge in [-0.2, -0.15) is 0 Å². The smallest absolute Gasteiger partial charge is 0.264 e. The van der Waals surface area contributed by atoms with Crippen molar-refractivity contribution < 1.29 is 14.3 Å². The average molecular weight is 382 g/mol. The van der Waals surface area contributed by atoms with Crippen molar-refractivity contribution in [2.45, 2.75) is 20.3 Å². The first-order valence-electron chi connectivity index (χ1n) is 8.78. The third kappa shape index (κ3) is 5.82. The maximum Gasteiger partial charge on any atom is 0.264 e. The SMILES string of the molecule is CCOc1ccc(OCC(=O)Nc2ncc(Cc3cccc(C)c3)s2)cc1. The van der Waals surface area contributed by atoms with Crippen molar-refractivity contribution in [1.82, 2.24) is 4.98 Å². The van der Waals surface area contributed by atoms with Crippen LogP contribution in [0, 0.1) is 6.92 Å². The number of carbonyl (C=O) groups excluding carboxylic acids is 1. The quantitative estimate of drug-likeness (QED) is 0.625. The molecule has 1 heterocycles. The second kappa shape index (κ2) is 9.19. The van der Waals surface area contributed by atoms with Crippen molar-refractivity contribution in [3.05, 3.63) is 70.7 Å². The minimum absolute atomic E-state index is 0.0687. The number of benzene rings is 2. The Morgan fingerprint density at radius 2 is 1.85 bits per heavy atom. The average Bonchev–Trinajstić information content (AvgIpc) is 3.08. The number of ether oxygens (including phenoxy) is 2. The molecule has 140 valence electrons. The molecule has 0 fully saturated rings. The Labute approximate surface area is 163 Å². The molecule has 0 saturated carbocycles. The lowest BCUT2D eigenvalue weighted by atomic mass is 10.1. The van der Waals surface area contributed by atoms with Gasteiger partial charge in [0.15, 0.2) is 11.7 Å². The molecule has 1 aromatic heterocycles. The van der Waals surface area contributed by atoms with E-state index in [4.69, 9.17) is 9.47 Å². The summed E-state index contributed by atoms with van der Waals surface area (Å²) in [6, 6.07) is 15.6. The molecule has 3 rings (SSSR count). The molecule has 0 radical (unpaired) electrons. The monoisotopic (exact) mass is 382 g/mol. The second-order valence-corrected chi connectivity index (χ2v) is 7.15. The summed E-state index contributed by atoms with van der Waals surface area (Å²) in [7, 11) is 0. The molecule has 2 aromatic carbocycles. The van der Waals surface area contributed by atoms with Crippen LogP contribution in [0.25, 0.3) is 0 Å². The van der Waals surface area contributed by atoms with Gasteiger partial charge in [-0.05, 0) is 43.7 Å². The lowest BCUT2D eigenvalue weighted by Gasteiger charge is -2.07. The molecule has 3 aromatic rings. The molecule has 0 saturated heterocycles. The van der Waals surface area contributed by atoms with Gasteiger partial charge < -0.3 is 9.47 Å². The van der Waals surface area contributed by atoms with E-state index in [9.17, 15) is 4.79 Å². The predicted molar refractivity (Wildman–Crippen MR) is 108 cm³/mol. The minimum atomic E-state index is -0.236. The summed E-state index contributed by atoms with van der Waals surface area (Å²) in [4.78, 5) is 17.4. The van der Waals surface area contributed by atoms with Crippen LogP contribution in [-0.2, 0) is 11.2 Å². The van der Waals surface area contributed by atoms with E-state index in [1.165, 1.54) is 22.5 Å².